The molecule has 4 rings (SSSR count). The number of hydrogen-bond donors (Lipinski definition) is 0. The average molecular weight is 480 g/mol. The van der Waals surface area contributed by atoms with Crippen LogP contribution in [-0.2, 0) is 16.1 Å². The van der Waals surface area contributed by atoms with E-state index in [0.29, 0.717) is 20.6 Å². The fourth-order valence-electron chi connectivity index (χ4n) is 4.04. The van der Waals surface area contributed by atoms with Crippen molar-refractivity contribution in [2.45, 2.75) is 40.3 Å². The Hall–Kier alpha value is -3.46. The highest BCUT2D eigenvalue weighted by molar-refractivity contribution is 7.07. The Morgan fingerprint density at radius 1 is 1.21 bits per heavy atom. The Labute approximate surface area is 202 Å². The van der Waals surface area contributed by atoms with E-state index in [4.69, 9.17) is 4.74 Å². The van der Waals surface area contributed by atoms with Crippen LogP contribution in [0, 0.1) is 6.92 Å². The molecule has 9 heteroatoms. The Morgan fingerprint density at radius 2 is 1.91 bits per heavy atom. The van der Waals surface area contributed by atoms with E-state index in [1.54, 1.807) is 18.4 Å². The van der Waals surface area contributed by atoms with Crippen LogP contribution < -0.4 is 19.8 Å². The highest BCUT2D eigenvalue weighted by Crippen LogP contribution is 2.31. The van der Waals surface area contributed by atoms with Crippen molar-refractivity contribution in [3.8, 4) is 0 Å². The van der Waals surface area contributed by atoms with Gasteiger partial charge in [0, 0.05) is 38.1 Å². The van der Waals surface area contributed by atoms with E-state index in [1.165, 1.54) is 11.3 Å². The lowest BCUT2D eigenvalue weighted by atomic mass is 9.95. The predicted molar refractivity (Wildman–Crippen MR) is 134 cm³/mol. The Bertz CT molecular complexity index is 1440. The fraction of sp³-hybridized carbons (Fsp3) is 0.360. The second-order valence-corrected chi connectivity index (χ2v) is 9.32. The number of carbonyl (C=O) groups excluding carboxylic acids is 1. The van der Waals surface area contributed by atoms with Crippen molar-refractivity contribution in [2.24, 2.45) is 4.99 Å². The quantitative estimate of drug-likeness (QED) is 0.507. The zero-order valence-corrected chi connectivity index (χ0v) is 21.1. The first-order valence-corrected chi connectivity index (χ1v) is 12.1. The van der Waals surface area contributed by atoms with Crippen LogP contribution >= 0.6 is 11.3 Å². The zero-order valence-electron chi connectivity index (χ0n) is 20.3. The van der Waals surface area contributed by atoms with Gasteiger partial charge in [-0.1, -0.05) is 23.5 Å². The SMILES string of the molecule is CCOC(=O)C1=C(C)N=c2s/c(=C/c3cn(CC)nc3C)c(=O)n2[C@@H]1c1ccc(N(C)C)cc1. The lowest BCUT2D eigenvalue weighted by Crippen LogP contribution is -2.40. The van der Waals surface area contributed by atoms with Gasteiger partial charge in [-0.25, -0.2) is 9.79 Å². The van der Waals surface area contributed by atoms with Crippen LogP contribution in [0.15, 0.2) is 51.5 Å². The Balaban J connectivity index is 1.93. The third kappa shape index (κ3) is 4.23. The molecular weight excluding hydrogens is 450 g/mol. The third-order valence-corrected chi connectivity index (χ3v) is 6.82. The molecular formula is C25H29N5O3S. The minimum absolute atomic E-state index is 0.191. The molecule has 1 aliphatic rings. The number of thiazole rings is 1. The van der Waals surface area contributed by atoms with Gasteiger partial charge in [0.05, 0.1) is 34.1 Å². The average Bonchev–Trinajstić information content (AvgIpc) is 3.32. The molecule has 2 aromatic heterocycles. The molecule has 0 spiro atoms. The number of carbonyl (C=O) groups is 1. The highest BCUT2D eigenvalue weighted by Gasteiger charge is 2.33. The van der Waals surface area contributed by atoms with Gasteiger partial charge in [-0.2, -0.15) is 5.10 Å². The Morgan fingerprint density at radius 3 is 2.50 bits per heavy atom. The number of aryl methyl sites for hydroxylation is 2. The summed E-state index contributed by atoms with van der Waals surface area (Å²) in [6, 6.07) is 7.24. The number of nitrogens with zero attached hydrogens (tertiary/aromatic N) is 5. The second kappa shape index (κ2) is 9.42. The standard InChI is InChI=1S/C25H29N5O3S/c1-7-29-14-18(15(3)27-29)13-20-23(31)30-22(17-9-11-19(12-10-17)28(5)6)21(24(32)33-8-2)16(4)26-25(30)34-20/h9-14,22H,7-8H2,1-6H3/b20-13+/t22-/m1/s1. The third-order valence-electron chi connectivity index (χ3n) is 5.84. The normalized spacial score (nSPS) is 15.8. The molecule has 1 aromatic carbocycles. The summed E-state index contributed by atoms with van der Waals surface area (Å²) in [4.78, 5) is 33.8. The van der Waals surface area contributed by atoms with Gasteiger partial charge in [0.25, 0.3) is 5.56 Å². The van der Waals surface area contributed by atoms with E-state index in [0.717, 1.165) is 29.1 Å². The molecule has 0 N–H and O–H groups in total. The van der Waals surface area contributed by atoms with E-state index in [9.17, 15) is 9.59 Å². The van der Waals surface area contributed by atoms with Crippen LogP contribution in [0.4, 0.5) is 5.69 Å². The van der Waals surface area contributed by atoms with Crippen LogP contribution in [0.5, 0.6) is 0 Å². The van der Waals surface area contributed by atoms with Crippen molar-refractivity contribution >= 4 is 29.1 Å². The lowest BCUT2D eigenvalue weighted by Gasteiger charge is -2.25. The van der Waals surface area contributed by atoms with Crippen LogP contribution in [0.1, 0.15) is 43.6 Å². The number of ether oxygens (including phenoxy) is 1. The van der Waals surface area contributed by atoms with Crippen LogP contribution in [0.25, 0.3) is 6.08 Å². The molecule has 0 fully saturated rings. The molecule has 3 aromatic rings. The molecule has 0 saturated heterocycles. The summed E-state index contributed by atoms with van der Waals surface area (Å²) in [5.74, 6) is -0.459. The van der Waals surface area contributed by atoms with Crippen molar-refractivity contribution in [3.63, 3.8) is 0 Å². The maximum atomic E-state index is 13.7. The van der Waals surface area contributed by atoms with E-state index in [1.807, 2.05) is 74.1 Å². The van der Waals surface area contributed by atoms with Gasteiger partial charge in [0.2, 0.25) is 0 Å². The Kier molecular flexibility index (Phi) is 6.56. The number of fused-ring (bicyclic) bond motifs is 1. The maximum absolute atomic E-state index is 13.7. The van der Waals surface area contributed by atoms with Gasteiger partial charge in [-0.15, -0.1) is 0 Å². The summed E-state index contributed by atoms with van der Waals surface area (Å²) >= 11 is 1.32. The molecule has 0 bridgehead atoms. The van der Waals surface area contributed by atoms with Gasteiger partial charge in [-0.3, -0.25) is 14.0 Å². The highest BCUT2D eigenvalue weighted by atomic mass is 32.1. The summed E-state index contributed by atoms with van der Waals surface area (Å²) in [6.07, 6.45) is 3.79. The molecule has 1 atom stereocenters. The first-order chi connectivity index (χ1) is 16.2. The lowest BCUT2D eigenvalue weighted by molar-refractivity contribution is -0.139. The van der Waals surface area contributed by atoms with Crippen LogP contribution in [-0.4, -0.2) is 41.0 Å². The summed E-state index contributed by atoms with van der Waals surface area (Å²) in [5, 5.41) is 4.47. The van der Waals surface area contributed by atoms with Crippen molar-refractivity contribution < 1.29 is 9.53 Å². The number of anilines is 1. The van der Waals surface area contributed by atoms with E-state index in [-0.39, 0.29) is 12.2 Å². The smallest absolute Gasteiger partial charge is 0.338 e. The molecule has 34 heavy (non-hydrogen) atoms. The topological polar surface area (TPSA) is 81.7 Å². The van der Waals surface area contributed by atoms with Crippen molar-refractivity contribution in [1.29, 1.82) is 0 Å². The first kappa shape index (κ1) is 23.7. The van der Waals surface area contributed by atoms with Crippen molar-refractivity contribution in [1.82, 2.24) is 14.3 Å². The minimum atomic E-state index is -0.617. The minimum Gasteiger partial charge on any atom is -0.463 e. The number of esters is 1. The summed E-state index contributed by atoms with van der Waals surface area (Å²) in [5.41, 5.74) is 4.34. The monoisotopic (exact) mass is 479 g/mol. The summed E-state index contributed by atoms with van der Waals surface area (Å²) in [6.45, 7) is 8.50. The number of allylic oxidation sites excluding steroid dienone is 1. The summed E-state index contributed by atoms with van der Waals surface area (Å²) < 4.78 is 9.36. The van der Waals surface area contributed by atoms with Gasteiger partial charge >= 0.3 is 5.97 Å². The fourth-order valence-corrected chi connectivity index (χ4v) is 5.08. The van der Waals surface area contributed by atoms with Crippen molar-refractivity contribution in [3.05, 3.63) is 78.2 Å². The number of rotatable bonds is 6. The molecule has 0 radical (unpaired) electrons. The molecule has 8 nitrogen and oxygen atoms in total. The van der Waals surface area contributed by atoms with Crippen LogP contribution in [0.3, 0.4) is 0 Å². The predicted octanol–water partition coefficient (Wildman–Crippen LogP) is 2.39. The molecule has 0 saturated carbocycles. The number of hydrogen-bond acceptors (Lipinski definition) is 7. The van der Waals surface area contributed by atoms with Gasteiger partial charge in [-0.05, 0) is 51.5 Å². The van der Waals surface area contributed by atoms with E-state index < -0.39 is 12.0 Å². The van der Waals surface area contributed by atoms with Gasteiger partial charge in [0.1, 0.15) is 0 Å². The molecule has 0 amide bonds. The molecule has 1 aliphatic heterocycles. The largest absolute Gasteiger partial charge is 0.463 e. The van der Waals surface area contributed by atoms with E-state index >= 15 is 0 Å². The molecule has 0 unspecified atom stereocenters. The maximum Gasteiger partial charge on any atom is 0.338 e. The molecule has 0 aliphatic carbocycles. The zero-order chi connectivity index (χ0) is 24.6. The van der Waals surface area contributed by atoms with Crippen LogP contribution in [0.2, 0.25) is 0 Å². The van der Waals surface area contributed by atoms with Gasteiger partial charge in [0.15, 0.2) is 4.80 Å². The van der Waals surface area contributed by atoms with E-state index in [2.05, 4.69) is 10.1 Å². The summed E-state index contributed by atoms with van der Waals surface area (Å²) in [7, 11) is 3.93. The number of aromatic nitrogens is 3. The number of benzene rings is 1. The molecule has 3 heterocycles. The molecule has 178 valence electrons. The first-order valence-electron chi connectivity index (χ1n) is 11.3. The second-order valence-electron chi connectivity index (χ2n) is 8.31. The van der Waals surface area contributed by atoms with Crippen molar-refractivity contribution in [2.75, 3.05) is 25.6 Å². The van der Waals surface area contributed by atoms with Gasteiger partial charge < -0.3 is 9.64 Å².